The summed E-state index contributed by atoms with van der Waals surface area (Å²) in [5.74, 6) is 0.935. The van der Waals surface area contributed by atoms with Crippen molar-refractivity contribution in [3.63, 3.8) is 0 Å². The van der Waals surface area contributed by atoms with Crippen LogP contribution < -0.4 is 0 Å². The monoisotopic (exact) mass is 315 g/mol. The molecular weight excluding hydrogens is 293 g/mol. The van der Waals surface area contributed by atoms with Gasteiger partial charge in [0, 0.05) is 17.1 Å². The standard InChI is InChI=1S/C16H23Cl2NO/c1-16(2,3)12-4-6-19(7-5-12)10-11-8-13(17)9-14(18)15(11)20/h8-9,12,20H,4-7,10H2,1-3H3. The molecule has 0 unspecified atom stereocenters. The second kappa shape index (κ2) is 6.13. The van der Waals surface area contributed by atoms with Crippen molar-refractivity contribution in [3.8, 4) is 5.75 Å². The first-order chi connectivity index (χ1) is 9.27. The zero-order valence-corrected chi connectivity index (χ0v) is 13.9. The van der Waals surface area contributed by atoms with E-state index in [1.807, 2.05) is 0 Å². The fourth-order valence-electron chi connectivity index (χ4n) is 2.94. The molecule has 1 N–H and O–H groups in total. The molecule has 0 radical (unpaired) electrons. The Balaban J connectivity index is 2.00. The van der Waals surface area contributed by atoms with Gasteiger partial charge in [0.05, 0.1) is 5.02 Å². The number of likely N-dealkylation sites (tertiary alicyclic amines) is 1. The second-order valence-corrected chi connectivity index (χ2v) is 7.66. The van der Waals surface area contributed by atoms with Gasteiger partial charge in [0.15, 0.2) is 0 Å². The van der Waals surface area contributed by atoms with Crippen LogP contribution in [-0.2, 0) is 6.54 Å². The quantitative estimate of drug-likeness (QED) is 0.834. The first-order valence-corrected chi connectivity index (χ1v) is 7.92. The van der Waals surface area contributed by atoms with E-state index in [1.165, 1.54) is 12.8 Å². The predicted octanol–water partition coefficient (Wildman–Crippen LogP) is 4.96. The van der Waals surface area contributed by atoms with E-state index in [9.17, 15) is 5.11 Å². The molecule has 2 rings (SSSR count). The summed E-state index contributed by atoms with van der Waals surface area (Å²) in [7, 11) is 0. The van der Waals surface area contributed by atoms with Gasteiger partial charge < -0.3 is 5.11 Å². The molecule has 1 aliphatic heterocycles. The lowest BCUT2D eigenvalue weighted by molar-refractivity contribution is 0.107. The lowest BCUT2D eigenvalue weighted by Crippen LogP contribution is -2.37. The Bertz CT molecular complexity index is 474. The number of hydrogen-bond donors (Lipinski definition) is 1. The van der Waals surface area contributed by atoms with Crippen molar-refractivity contribution in [2.75, 3.05) is 13.1 Å². The van der Waals surface area contributed by atoms with Crippen LogP contribution >= 0.6 is 23.2 Å². The number of piperidine rings is 1. The van der Waals surface area contributed by atoms with Gasteiger partial charge in [-0.25, -0.2) is 0 Å². The lowest BCUT2D eigenvalue weighted by atomic mass is 9.75. The molecule has 0 amide bonds. The SMILES string of the molecule is CC(C)(C)C1CCN(Cc2cc(Cl)cc(Cl)c2O)CC1. The molecule has 0 aliphatic carbocycles. The van der Waals surface area contributed by atoms with Crippen molar-refractivity contribution < 1.29 is 5.11 Å². The van der Waals surface area contributed by atoms with Crippen molar-refractivity contribution in [3.05, 3.63) is 27.7 Å². The molecule has 1 saturated heterocycles. The number of hydrogen-bond acceptors (Lipinski definition) is 2. The Morgan fingerprint density at radius 3 is 2.35 bits per heavy atom. The van der Waals surface area contributed by atoms with Crippen LogP contribution in [0.15, 0.2) is 12.1 Å². The van der Waals surface area contributed by atoms with E-state index in [0.717, 1.165) is 24.6 Å². The largest absolute Gasteiger partial charge is 0.506 e. The maximum Gasteiger partial charge on any atom is 0.138 e. The Kier molecular flexibility index (Phi) is 4.88. The van der Waals surface area contributed by atoms with Gasteiger partial charge in [-0.3, -0.25) is 4.90 Å². The Morgan fingerprint density at radius 1 is 1.20 bits per heavy atom. The maximum absolute atomic E-state index is 10.0. The van der Waals surface area contributed by atoms with Gasteiger partial charge >= 0.3 is 0 Å². The van der Waals surface area contributed by atoms with Gasteiger partial charge in [-0.15, -0.1) is 0 Å². The minimum atomic E-state index is 0.161. The van der Waals surface area contributed by atoms with Crippen LogP contribution in [-0.4, -0.2) is 23.1 Å². The van der Waals surface area contributed by atoms with E-state index in [0.29, 0.717) is 22.0 Å². The highest BCUT2D eigenvalue weighted by atomic mass is 35.5. The van der Waals surface area contributed by atoms with Crippen LogP contribution in [0.2, 0.25) is 10.0 Å². The first-order valence-electron chi connectivity index (χ1n) is 7.16. The number of rotatable bonds is 2. The summed E-state index contributed by atoms with van der Waals surface area (Å²) in [6.07, 6.45) is 2.41. The zero-order chi connectivity index (χ0) is 14.9. The van der Waals surface area contributed by atoms with Crippen LogP contribution in [0, 0.1) is 11.3 Å². The molecule has 0 bridgehead atoms. The normalized spacial score (nSPS) is 18.4. The van der Waals surface area contributed by atoms with E-state index < -0.39 is 0 Å². The van der Waals surface area contributed by atoms with Crippen molar-refractivity contribution in [1.82, 2.24) is 4.90 Å². The zero-order valence-electron chi connectivity index (χ0n) is 12.4. The van der Waals surface area contributed by atoms with Crippen LogP contribution in [0.3, 0.4) is 0 Å². The molecule has 1 aromatic rings. The minimum absolute atomic E-state index is 0.161. The molecule has 1 aromatic carbocycles. The number of halogens is 2. The Morgan fingerprint density at radius 2 is 1.80 bits per heavy atom. The van der Waals surface area contributed by atoms with Crippen molar-refractivity contribution in [2.45, 2.75) is 40.2 Å². The smallest absolute Gasteiger partial charge is 0.138 e. The van der Waals surface area contributed by atoms with Crippen molar-refractivity contribution in [1.29, 1.82) is 0 Å². The number of phenols is 1. The number of phenolic OH excluding ortho intramolecular Hbond substituents is 1. The van der Waals surface area contributed by atoms with Gasteiger partial charge in [0.1, 0.15) is 5.75 Å². The molecule has 0 atom stereocenters. The van der Waals surface area contributed by atoms with Gasteiger partial charge in [0.25, 0.3) is 0 Å². The van der Waals surface area contributed by atoms with E-state index in [-0.39, 0.29) is 5.75 Å². The molecule has 1 aliphatic rings. The molecule has 1 fully saturated rings. The predicted molar refractivity (Wildman–Crippen MR) is 85.6 cm³/mol. The van der Waals surface area contributed by atoms with Crippen molar-refractivity contribution >= 4 is 23.2 Å². The van der Waals surface area contributed by atoms with Crippen molar-refractivity contribution in [2.24, 2.45) is 11.3 Å². The molecule has 2 nitrogen and oxygen atoms in total. The highest BCUT2D eigenvalue weighted by Gasteiger charge is 2.28. The first kappa shape index (κ1) is 15.9. The van der Waals surface area contributed by atoms with E-state index >= 15 is 0 Å². The third kappa shape index (κ3) is 3.81. The Labute approximate surface area is 131 Å². The summed E-state index contributed by atoms with van der Waals surface area (Å²) in [5.41, 5.74) is 1.20. The summed E-state index contributed by atoms with van der Waals surface area (Å²) in [4.78, 5) is 2.37. The lowest BCUT2D eigenvalue weighted by Gasteiger charge is -2.38. The summed E-state index contributed by atoms with van der Waals surface area (Å²) < 4.78 is 0. The molecule has 0 spiro atoms. The average molecular weight is 316 g/mol. The number of benzene rings is 1. The van der Waals surface area contributed by atoms with Crippen LogP contribution in [0.4, 0.5) is 0 Å². The highest BCUT2D eigenvalue weighted by Crippen LogP contribution is 2.36. The fraction of sp³-hybridized carbons (Fsp3) is 0.625. The molecule has 112 valence electrons. The second-order valence-electron chi connectivity index (χ2n) is 6.81. The third-order valence-corrected chi connectivity index (χ3v) is 4.82. The van der Waals surface area contributed by atoms with E-state index in [2.05, 4.69) is 25.7 Å². The summed E-state index contributed by atoms with van der Waals surface area (Å²) >= 11 is 12.0. The molecule has 1 heterocycles. The van der Waals surface area contributed by atoms with Gasteiger partial charge in [-0.2, -0.15) is 0 Å². The molecule has 20 heavy (non-hydrogen) atoms. The van der Waals surface area contributed by atoms with Crippen LogP contribution in [0.25, 0.3) is 0 Å². The summed E-state index contributed by atoms with van der Waals surface area (Å²) in [6, 6.07) is 3.38. The molecular formula is C16H23Cl2NO. The van der Waals surface area contributed by atoms with E-state index in [1.54, 1.807) is 12.1 Å². The van der Waals surface area contributed by atoms with Gasteiger partial charge in [-0.05, 0) is 49.4 Å². The summed E-state index contributed by atoms with van der Waals surface area (Å²) in [6.45, 7) is 9.78. The van der Waals surface area contributed by atoms with Gasteiger partial charge in [-0.1, -0.05) is 44.0 Å². The average Bonchev–Trinajstić information content (AvgIpc) is 2.35. The maximum atomic E-state index is 10.0. The molecule has 4 heteroatoms. The minimum Gasteiger partial charge on any atom is -0.506 e. The van der Waals surface area contributed by atoms with E-state index in [4.69, 9.17) is 23.2 Å². The number of aromatic hydroxyl groups is 1. The topological polar surface area (TPSA) is 23.5 Å². The van der Waals surface area contributed by atoms with Gasteiger partial charge in [0.2, 0.25) is 0 Å². The highest BCUT2D eigenvalue weighted by molar-refractivity contribution is 6.35. The molecule has 0 saturated carbocycles. The van der Waals surface area contributed by atoms with Crippen LogP contribution in [0.1, 0.15) is 39.2 Å². The fourth-order valence-corrected chi connectivity index (χ4v) is 3.47. The Hall–Kier alpha value is -0.440. The number of nitrogens with zero attached hydrogens (tertiary/aromatic N) is 1. The van der Waals surface area contributed by atoms with Crippen LogP contribution in [0.5, 0.6) is 5.75 Å². The third-order valence-electron chi connectivity index (χ3n) is 4.31. The molecule has 0 aromatic heterocycles. The summed E-state index contributed by atoms with van der Waals surface area (Å²) in [5, 5.41) is 10.9.